The van der Waals surface area contributed by atoms with Crippen molar-refractivity contribution >= 4 is 88.3 Å². The first-order chi connectivity index (χ1) is 38.1. The van der Waals surface area contributed by atoms with E-state index in [9.17, 15) is 78.0 Å². The zero-order valence-electron chi connectivity index (χ0n) is 46.5. The molecule has 0 aromatic rings. The van der Waals surface area contributed by atoms with E-state index in [4.69, 9.17) is 40.1 Å². The number of Topliss-reactive ketones (excluding diaryl/α,β-unsaturated/α-hetero) is 5. The van der Waals surface area contributed by atoms with Gasteiger partial charge < -0.3 is 87.1 Å². The Balaban J connectivity index is 7.03. The Morgan fingerprint density at radius 3 is 1.19 bits per heavy atom. The average Bonchev–Trinajstić information content (AvgIpc) is 3.39. The molecule has 0 aromatic heterocycles. The number of unbranched alkanes of at least 4 members (excludes halogenated alkanes) is 1. The molecule has 0 aliphatic heterocycles. The fraction of sp³-hybridized carbons (Fsp3) is 0.700. The summed E-state index contributed by atoms with van der Waals surface area (Å²) in [6, 6.07) is -7.27. The molecule has 0 saturated heterocycles. The largest absolute Gasteiger partial charge is 0.481 e. The maximum absolute atomic E-state index is 14.4. The van der Waals surface area contributed by atoms with E-state index in [1.807, 2.05) is 0 Å². The second kappa shape index (κ2) is 40.5. The molecule has 0 fully saturated rings. The van der Waals surface area contributed by atoms with E-state index < -0.39 is 182 Å². The molecule has 31 heteroatoms. The van der Waals surface area contributed by atoms with Crippen molar-refractivity contribution in [3.8, 4) is 0 Å². The number of nitrogens with one attached hydrogen (secondary N) is 5. The van der Waals surface area contributed by atoms with Crippen molar-refractivity contribution in [2.75, 3.05) is 39.4 Å². The number of carbonyl (C=O) groups excluding carboxylic acids is 10. The van der Waals surface area contributed by atoms with Crippen molar-refractivity contribution in [3.05, 3.63) is 0 Å². The highest BCUT2D eigenvalue weighted by Gasteiger charge is 2.35. The van der Waals surface area contributed by atoms with Crippen LogP contribution < -0.4 is 66.7 Å². The summed E-state index contributed by atoms with van der Waals surface area (Å²) >= 11 is 0. The summed E-state index contributed by atoms with van der Waals surface area (Å²) in [5, 5.41) is 51.2. The van der Waals surface area contributed by atoms with E-state index in [2.05, 4.69) is 41.6 Å². The van der Waals surface area contributed by atoms with E-state index >= 15 is 0 Å². The van der Waals surface area contributed by atoms with Gasteiger partial charge in [0.25, 0.3) is 0 Å². The molecule has 5 amide bonds. The van der Waals surface area contributed by atoms with Gasteiger partial charge in [-0.25, -0.2) is 0 Å². The number of hydrogen-bond acceptors (Lipinski definition) is 18. The average molecular weight is 1150 g/mol. The first kappa shape index (κ1) is 73.3. The molecule has 9 atom stereocenters. The molecule has 23 N–H and O–H groups in total. The van der Waals surface area contributed by atoms with Gasteiger partial charge in [-0.05, 0) is 64.3 Å². The highest BCUT2D eigenvalue weighted by Crippen LogP contribution is 2.22. The van der Waals surface area contributed by atoms with Crippen LogP contribution in [0.2, 0.25) is 0 Å². The predicted molar refractivity (Wildman–Crippen MR) is 295 cm³/mol. The van der Waals surface area contributed by atoms with Crippen LogP contribution >= 0.6 is 0 Å². The number of ketones is 5. The summed E-state index contributed by atoms with van der Waals surface area (Å²) in [6.07, 6.45) is -3.43. The van der Waals surface area contributed by atoms with Crippen LogP contribution in [0, 0.1) is 23.7 Å². The second-order valence-electron chi connectivity index (χ2n) is 19.5. The van der Waals surface area contributed by atoms with E-state index in [1.165, 1.54) is 13.8 Å². The minimum Gasteiger partial charge on any atom is -0.481 e. The van der Waals surface area contributed by atoms with E-state index in [0.29, 0.717) is 6.42 Å². The number of carbonyl (C=O) groups is 12. The molecule has 458 valence electrons. The Morgan fingerprint density at radius 1 is 0.432 bits per heavy atom. The zero-order valence-corrected chi connectivity index (χ0v) is 46.5. The Labute approximate surface area is 470 Å². The van der Waals surface area contributed by atoms with E-state index in [0.717, 1.165) is 6.92 Å². The highest BCUT2D eigenvalue weighted by molar-refractivity contribution is 5.99. The van der Waals surface area contributed by atoms with Crippen molar-refractivity contribution < 1.29 is 78.0 Å². The molecule has 31 nitrogen and oxygen atoms in total. The summed E-state index contributed by atoms with van der Waals surface area (Å²) in [5.41, 5.74) is 38.6. The normalized spacial score (nSPS) is 14.2. The van der Waals surface area contributed by atoms with Gasteiger partial charge in [-0.15, -0.1) is 0 Å². The third-order valence-electron chi connectivity index (χ3n) is 12.7. The molecule has 0 radical (unpaired) electrons. The summed E-state index contributed by atoms with van der Waals surface area (Å²) < 4.78 is 0. The first-order valence-corrected chi connectivity index (χ1v) is 26.7. The maximum atomic E-state index is 14.4. The van der Waals surface area contributed by atoms with Gasteiger partial charge >= 0.3 is 11.9 Å². The van der Waals surface area contributed by atoms with Gasteiger partial charge in [-0.2, -0.15) is 0 Å². The molecule has 0 aliphatic carbocycles. The smallest absolute Gasteiger partial charge is 0.305 e. The highest BCUT2D eigenvalue weighted by atomic mass is 16.4. The van der Waals surface area contributed by atoms with Crippen molar-refractivity contribution in [3.63, 3.8) is 0 Å². The third-order valence-corrected chi connectivity index (χ3v) is 12.7. The maximum Gasteiger partial charge on any atom is 0.305 e. The van der Waals surface area contributed by atoms with Gasteiger partial charge in [0.05, 0.1) is 37.8 Å². The van der Waals surface area contributed by atoms with Crippen LogP contribution in [-0.4, -0.2) is 178 Å². The minimum absolute atomic E-state index is 0.00333. The Morgan fingerprint density at radius 2 is 0.802 bits per heavy atom. The van der Waals surface area contributed by atoms with Crippen LogP contribution in [0.5, 0.6) is 0 Å². The fourth-order valence-electron chi connectivity index (χ4n) is 8.25. The predicted octanol–water partition coefficient (Wildman–Crippen LogP) is -4.66. The van der Waals surface area contributed by atoms with Gasteiger partial charge in [-0.3, -0.25) is 72.5 Å². The van der Waals surface area contributed by atoms with Crippen LogP contribution in [0.15, 0.2) is 15.0 Å². The topological polar surface area (TPSA) is 565 Å². The lowest BCUT2D eigenvalue weighted by atomic mass is 9.88. The summed E-state index contributed by atoms with van der Waals surface area (Å²) in [4.78, 5) is 170. The van der Waals surface area contributed by atoms with Crippen molar-refractivity contribution in [2.24, 2.45) is 78.8 Å². The number of rotatable bonds is 46. The molecular formula is C50H87N15O16. The third kappa shape index (κ3) is 32.2. The molecule has 81 heavy (non-hydrogen) atoms. The number of nitrogens with two attached hydrogens (primary N) is 7. The lowest BCUT2D eigenvalue weighted by Crippen LogP contribution is -2.49. The SMILES string of the molecule is CCC(=O)[C@H](CC(=O)O)NC(=O)[C@H](C)CC(=O)[C@H](CO)NC(=O)[C@H](CCCN=C(N)N)CC(=O)[C@H](CCCN=C(N)N)NC(=O)[C@H](CCCCN)CC(=O)[C@H](CCC(=O)O)NC(=O)[C@H](CCCN=C(N)N)CC(=O)[C@H](CO)NC(C)=O. The molecule has 0 aromatic carbocycles. The quantitative estimate of drug-likeness (QED) is 0.0155. The minimum atomic E-state index is -1.61. The Kier molecular flexibility index (Phi) is 36.7. The number of aliphatic hydroxyl groups is 2. The number of amides is 5. The van der Waals surface area contributed by atoms with Crippen molar-refractivity contribution in [2.45, 2.75) is 160 Å². The Bertz CT molecular complexity index is 2220. The van der Waals surface area contributed by atoms with Crippen molar-refractivity contribution in [1.82, 2.24) is 26.6 Å². The van der Waals surface area contributed by atoms with Crippen LogP contribution in [0.25, 0.3) is 0 Å². The zero-order chi connectivity index (χ0) is 61.8. The van der Waals surface area contributed by atoms with Crippen LogP contribution in [0.1, 0.15) is 130 Å². The molecular weight excluding hydrogens is 1070 g/mol. The van der Waals surface area contributed by atoms with Gasteiger partial charge in [0, 0.05) is 88.8 Å². The van der Waals surface area contributed by atoms with Gasteiger partial charge in [0.1, 0.15) is 12.1 Å². The monoisotopic (exact) mass is 1150 g/mol. The molecule has 0 heterocycles. The van der Waals surface area contributed by atoms with Crippen LogP contribution in [0.4, 0.5) is 0 Å². The fourth-order valence-corrected chi connectivity index (χ4v) is 8.25. The van der Waals surface area contributed by atoms with Gasteiger partial charge in [-0.1, -0.05) is 20.3 Å². The summed E-state index contributed by atoms with van der Waals surface area (Å²) in [6.45, 7) is 2.35. The van der Waals surface area contributed by atoms with Gasteiger partial charge in [0.15, 0.2) is 46.8 Å². The number of hydrogen-bond donors (Lipinski definition) is 16. The van der Waals surface area contributed by atoms with Crippen LogP contribution in [-0.2, 0) is 57.5 Å². The number of nitrogens with zero attached hydrogens (tertiary/aromatic N) is 3. The molecule has 0 spiro atoms. The van der Waals surface area contributed by atoms with Crippen LogP contribution in [0.3, 0.4) is 0 Å². The second-order valence-corrected chi connectivity index (χ2v) is 19.5. The first-order valence-electron chi connectivity index (χ1n) is 26.7. The van der Waals surface area contributed by atoms with Gasteiger partial charge in [0.2, 0.25) is 29.5 Å². The molecule has 0 bridgehead atoms. The number of carboxylic acids is 2. The number of aliphatic carboxylic acids is 2. The van der Waals surface area contributed by atoms with E-state index in [-0.39, 0.29) is 102 Å². The summed E-state index contributed by atoms with van der Waals surface area (Å²) in [7, 11) is 0. The Hall–Kier alpha value is -7.67. The number of carboxylic acid groups (broad SMARTS) is 2. The van der Waals surface area contributed by atoms with Crippen molar-refractivity contribution in [1.29, 1.82) is 0 Å². The molecule has 0 aliphatic rings. The lowest BCUT2D eigenvalue weighted by Gasteiger charge is -2.26. The number of aliphatic hydroxyl groups excluding tert-OH is 2. The summed E-state index contributed by atoms with van der Waals surface area (Å²) in [5.74, 6) is -16.1. The standard InChI is InChI=1S/C50H87N15O16/c1-4-37(69)34(24-43(76)77)64-44(78)27(2)20-38(70)36(26-67)65-47(81)30(11-7-17-58-48(52)53)22-39(71)32(13-9-19-60-50(56)57)62-45(79)29(10-5-6-16-51)21-40(72)33(14-15-42(74)75)63-46(80)31(12-8-18-59-49(54)55)23-41(73)35(25-66)61-28(3)68/h27,29-36,66-67H,4-26,51H2,1-3H3,(H,61,68)(H,62,79)(H,63,80)(H,64,78)(H,65,81)(H,74,75)(H,76,77)(H4,52,53,58)(H4,54,55,59)(H4,56,57,60)/t27-,29-,30-,31-,32+,33+,34+,35+,36+/m1/s1. The van der Waals surface area contributed by atoms with E-state index in [1.54, 1.807) is 0 Å². The molecule has 0 rings (SSSR count). The molecule has 0 unspecified atom stereocenters. The number of guanidine groups is 3. The molecule has 0 saturated carbocycles. The lowest BCUT2D eigenvalue weighted by molar-refractivity contribution is -0.141. The number of aliphatic imine (C=N–C) groups is 3.